The minimum Gasteiger partial charge on any atom is -0.415 e. The normalized spacial score (nSPS) is 23.4. The monoisotopic (exact) mass is 846 g/mol. The van der Waals surface area contributed by atoms with Gasteiger partial charge in [0.05, 0.1) is 13.2 Å². The Kier molecular flexibility index (Phi) is 14.2. The molecule has 0 saturated carbocycles. The molecule has 1 saturated heterocycles. The largest absolute Gasteiger partial charge is 0.415 e. The summed E-state index contributed by atoms with van der Waals surface area (Å²) in [5.41, 5.74) is 1.29. The first kappa shape index (κ1) is 45.5. The Labute approximate surface area is 336 Å². The molecular formula is C41H67ClO7Si5. The van der Waals surface area contributed by atoms with E-state index in [9.17, 15) is 5.11 Å². The van der Waals surface area contributed by atoms with Crippen molar-refractivity contribution in [2.45, 2.75) is 141 Å². The maximum absolute atomic E-state index is 13.2. The lowest BCUT2D eigenvalue weighted by Gasteiger charge is -2.54. The van der Waals surface area contributed by atoms with E-state index in [4.69, 9.17) is 38.5 Å². The number of rotatable bonds is 15. The van der Waals surface area contributed by atoms with Crippen molar-refractivity contribution in [3.8, 4) is 0 Å². The van der Waals surface area contributed by atoms with Gasteiger partial charge in [-0.15, -0.1) is 0 Å². The van der Waals surface area contributed by atoms with Crippen LogP contribution >= 0.6 is 11.6 Å². The standard InChI is InChI=1S/C41H67ClO7Si5/c1-40(2,3)54(33-22-18-16-19-23-33,34-24-20-17-21-25-34)45-29-31-28-32(26-27-35(31)42)41(43)39(49-53(13,14)15)38(48-52(10,11)12)37(47-51(7,8)9)36(46-41)30-44-50(4,5)6/h16-28,36-39,43H,29-30H2,1-15H3/t36-,37-,38+,39-,41?/m1/s1. The number of hydrogen-bond acceptors (Lipinski definition) is 7. The molecule has 13 heteroatoms. The molecule has 7 nitrogen and oxygen atoms in total. The second kappa shape index (κ2) is 16.9. The van der Waals surface area contributed by atoms with Crippen molar-refractivity contribution < 1.29 is 32.0 Å². The second-order valence-electron chi connectivity index (χ2n) is 19.6. The van der Waals surface area contributed by atoms with Gasteiger partial charge < -0.3 is 32.0 Å². The molecule has 1 aliphatic heterocycles. The molecule has 1 aliphatic rings. The first-order valence-electron chi connectivity index (χ1n) is 19.3. The molecule has 0 spiro atoms. The van der Waals surface area contributed by atoms with Crippen LogP contribution in [0.2, 0.25) is 88.6 Å². The summed E-state index contributed by atoms with van der Waals surface area (Å²) in [4.78, 5) is 0. The summed E-state index contributed by atoms with van der Waals surface area (Å²) in [6.45, 7) is 33.1. The Morgan fingerprint density at radius 3 is 1.57 bits per heavy atom. The molecule has 54 heavy (non-hydrogen) atoms. The Bertz CT molecular complexity index is 1620. The lowest BCUT2D eigenvalue weighted by Crippen LogP contribution is -2.69. The molecule has 0 aromatic heterocycles. The minimum absolute atomic E-state index is 0.225. The van der Waals surface area contributed by atoms with Gasteiger partial charge >= 0.3 is 0 Å². The predicted octanol–water partition coefficient (Wildman–Crippen LogP) is 9.47. The summed E-state index contributed by atoms with van der Waals surface area (Å²) >= 11 is 7.04. The van der Waals surface area contributed by atoms with Crippen LogP contribution in [0.3, 0.4) is 0 Å². The number of benzene rings is 3. The van der Waals surface area contributed by atoms with Crippen LogP contribution in [0.25, 0.3) is 0 Å². The van der Waals surface area contributed by atoms with Gasteiger partial charge in [-0.3, -0.25) is 0 Å². The molecule has 1 unspecified atom stereocenters. The van der Waals surface area contributed by atoms with E-state index >= 15 is 0 Å². The third-order valence-electron chi connectivity index (χ3n) is 9.17. The highest BCUT2D eigenvalue weighted by atomic mass is 35.5. The van der Waals surface area contributed by atoms with Crippen LogP contribution in [0, 0.1) is 0 Å². The van der Waals surface area contributed by atoms with Crippen LogP contribution in [0.1, 0.15) is 31.9 Å². The summed E-state index contributed by atoms with van der Waals surface area (Å²) in [5, 5.41) is 15.9. The van der Waals surface area contributed by atoms with Crippen molar-refractivity contribution in [1.82, 2.24) is 0 Å². The summed E-state index contributed by atoms with van der Waals surface area (Å²) < 4.78 is 41.8. The van der Waals surface area contributed by atoms with E-state index in [0.717, 1.165) is 5.56 Å². The molecule has 1 fully saturated rings. The molecule has 0 radical (unpaired) electrons. The van der Waals surface area contributed by atoms with Gasteiger partial charge in [-0.25, -0.2) is 0 Å². The van der Waals surface area contributed by atoms with Crippen LogP contribution in [0.15, 0.2) is 78.9 Å². The third-order valence-corrected chi connectivity index (χ3v) is 18.5. The predicted molar refractivity (Wildman–Crippen MR) is 237 cm³/mol. The lowest BCUT2D eigenvalue weighted by atomic mass is 9.87. The fourth-order valence-corrected chi connectivity index (χ4v) is 15.7. The lowest BCUT2D eigenvalue weighted by molar-refractivity contribution is -0.348. The Morgan fingerprint density at radius 2 is 1.13 bits per heavy atom. The third kappa shape index (κ3) is 11.4. The number of hydrogen-bond donors (Lipinski definition) is 1. The Morgan fingerprint density at radius 1 is 0.648 bits per heavy atom. The summed E-state index contributed by atoms with van der Waals surface area (Å²) in [5.74, 6) is -1.91. The first-order chi connectivity index (χ1) is 24.7. The van der Waals surface area contributed by atoms with Crippen LogP contribution < -0.4 is 10.4 Å². The second-order valence-corrected chi connectivity index (χ2v) is 42.2. The maximum Gasteiger partial charge on any atom is 0.261 e. The van der Waals surface area contributed by atoms with Crippen molar-refractivity contribution in [1.29, 1.82) is 0 Å². The van der Waals surface area contributed by atoms with E-state index in [0.29, 0.717) is 10.6 Å². The highest BCUT2D eigenvalue weighted by Gasteiger charge is 2.59. The van der Waals surface area contributed by atoms with Gasteiger partial charge in [-0.05, 0) is 112 Å². The van der Waals surface area contributed by atoms with Crippen molar-refractivity contribution in [3.05, 3.63) is 95.0 Å². The molecule has 1 N–H and O–H groups in total. The highest BCUT2D eigenvalue weighted by molar-refractivity contribution is 6.99. The molecule has 5 atom stereocenters. The Hall–Kier alpha value is -1.25. The summed E-state index contributed by atoms with van der Waals surface area (Å²) in [6, 6.07) is 26.7. The Balaban J connectivity index is 1.90. The molecule has 0 bridgehead atoms. The quantitative estimate of drug-likeness (QED) is 0.153. The van der Waals surface area contributed by atoms with Gasteiger partial charge in [0.25, 0.3) is 8.32 Å². The van der Waals surface area contributed by atoms with Gasteiger partial charge in [0.1, 0.15) is 24.4 Å². The van der Waals surface area contributed by atoms with E-state index in [2.05, 4.69) is 148 Å². The molecule has 3 aromatic rings. The molecule has 4 rings (SSSR count). The van der Waals surface area contributed by atoms with Gasteiger partial charge in [0.2, 0.25) is 5.79 Å². The topological polar surface area (TPSA) is 75.6 Å². The maximum atomic E-state index is 13.2. The molecule has 0 amide bonds. The molecule has 1 heterocycles. The van der Waals surface area contributed by atoms with Crippen LogP contribution in [-0.2, 0) is 39.3 Å². The fourth-order valence-electron chi connectivity index (χ4n) is 7.14. The number of aliphatic hydroxyl groups is 1. The number of halogens is 1. The van der Waals surface area contributed by atoms with E-state index in [-0.39, 0.29) is 18.3 Å². The van der Waals surface area contributed by atoms with Gasteiger partial charge in [-0.1, -0.05) is 99.1 Å². The van der Waals surface area contributed by atoms with E-state index in [1.54, 1.807) is 0 Å². The molecule has 0 aliphatic carbocycles. The van der Waals surface area contributed by atoms with Crippen molar-refractivity contribution in [2.75, 3.05) is 6.61 Å². The SMILES string of the molecule is CC(C)(C)[Si](OCc1cc(C2(O)O[C@H](CO[Si](C)(C)C)[C@@H](O[Si](C)(C)C)[C@H](O[Si](C)(C)C)[C@H]2O[Si](C)(C)C)ccc1Cl)(c1ccccc1)c1ccccc1. The smallest absolute Gasteiger partial charge is 0.261 e. The van der Waals surface area contributed by atoms with Crippen LogP contribution in [0.4, 0.5) is 0 Å². The number of ether oxygens (including phenoxy) is 1. The zero-order valence-electron chi connectivity index (χ0n) is 35.5. The molecule has 3 aromatic carbocycles. The van der Waals surface area contributed by atoms with Gasteiger partial charge in [-0.2, -0.15) is 0 Å². The van der Waals surface area contributed by atoms with Crippen LogP contribution in [-0.4, -0.2) is 77.7 Å². The van der Waals surface area contributed by atoms with Gasteiger partial charge in [0, 0.05) is 10.6 Å². The average molecular weight is 848 g/mol. The minimum atomic E-state index is -2.90. The fraction of sp³-hybridized carbons (Fsp3) is 0.561. The van der Waals surface area contributed by atoms with Crippen molar-refractivity contribution in [3.63, 3.8) is 0 Å². The molecule has 300 valence electrons. The zero-order valence-corrected chi connectivity index (χ0v) is 41.3. The first-order valence-corrected chi connectivity index (χ1v) is 35.2. The summed E-state index contributed by atoms with van der Waals surface area (Å²) in [7, 11) is -11.6. The van der Waals surface area contributed by atoms with E-state index in [1.807, 2.05) is 30.3 Å². The zero-order chi connectivity index (χ0) is 40.5. The average Bonchev–Trinajstić information content (AvgIpc) is 3.02. The van der Waals surface area contributed by atoms with Crippen LogP contribution in [0.5, 0.6) is 0 Å². The van der Waals surface area contributed by atoms with E-state index in [1.165, 1.54) is 10.4 Å². The van der Waals surface area contributed by atoms with Crippen molar-refractivity contribution in [2.24, 2.45) is 0 Å². The van der Waals surface area contributed by atoms with Crippen molar-refractivity contribution >= 4 is 63.6 Å². The van der Waals surface area contributed by atoms with Gasteiger partial charge in [0.15, 0.2) is 33.3 Å². The van der Waals surface area contributed by atoms with E-state index < -0.39 is 71.8 Å². The highest BCUT2D eigenvalue weighted by Crippen LogP contribution is 2.45. The summed E-state index contributed by atoms with van der Waals surface area (Å²) in [6.07, 6.45) is -2.63. The molecular weight excluding hydrogens is 780 g/mol.